The fourth-order valence-electron chi connectivity index (χ4n) is 3.36. The summed E-state index contributed by atoms with van der Waals surface area (Å²) < 4.78 is 18.5. The lowest BCUT2D eigenvalue weighted by atomic mass is 10.0. The lowest BCUT2D eigenvalue weighted by molar-refractivity contribution is 0.263. The second-order valence-corrected chi connectivity index (χ2v) is 6.58. The third-order valence-corrected chi connectivity index (χ3v) is 4.97. The minimum absolute atomic E-state index is 0.127. The van der Waals surface area contributed by atoms with Crippen LogP contribution in [0.4, 0.5) is 10.1 Å². The van der Waals surface area contributed by atoms with E-state index in [2.05, 4.69) is 5.10 Å². The molecule has 0 amide bonds. The summed E-state index contributed by atoms with van der Waals surface area (Å²) in [7, 11) is 0. The van der Waals surface area contributed by atoms with Crippen molar-refractivity contribution < 1.29 is 9.50 Å². The van der Waals surface area contributed by atoms with E-state index in [1.54, 1.807) is 10.7 Å². The Bertz CT molecular complexity index is 796. The predicted octanol–water partition coefficient (Wildman–Crippen LogP) is 2.79. The third-order valence-electron chi connectivity index (χ3n) is 4.56. The third kappa shape index (κ3) is 2.57. The molecule has 7 heteroatoms. The molecule has 5 nitrogen and oxygen atoms in total. The molecular formula is C16H19FN4OS. The molecule has 0 spiro atoms. The molecule has 0 unspecified atom stereocenters. The first-order valence-corrected chi connectivity index (χ1v) is 8.41. The van der Waals surface area contributed by atoms with Crippen LogP contribution in [-0.4, -0.2) is 26.0 Å². The van der Waals surface area contributed by atoms with E-state index >= 15 is 0 Å². The summed E-state index contributed by atoms with van der Waals surface area (Å²) in [4.78, 5) is 2.00. The molecular weight excluding hydrogens is 315 g/mol. The monoisotopic (exact) mass is 334 g/mol. The molecule has 1 fully saturated rings. The van der Waals surface area contributed by atoms with E-state index in [1.807, 2.05) is 15.5 Å². The Morgan fingerprint density at radius 2 is 2.17 bits per heavy atom. The molecule has 0 radical (unpaired) electrons. The molecule has 2 heterocycles. The van der Waals surface area contributed by atoms with Gasteiger partial charge in [-0.05, 0) is 49.5 Å². The number of aromatic nitrogens is 3. The van der Waals surface area contributed by atoms with Crippen molar-refractivity contribution in [3.05, 3.63) is 40.2 Å². The number of nitrogens with zero attached hydrogens (tertiary/aromatic N) is 4. The van der Waals surface area contributed by atoms with E-state index in [0.29, 0.717) is 29.0 Å². The van der Waals surface area contributed by atoms with Gasteiger partial charge in [0, 0.05) is 12.6 Å². The highest BCUT2D eigenvalue weighted by atomic mass is 32.1. The average Bonchev–Trinajstić information content (AvgIpc) is 3.33. The molecule has 1 N–H and O–H groups in total. The van der Waals surface area contributed by atoms with Gasteiger partial charge >= 0.3 is 0 Å². The standard InChI is InChI=1S/C16H19FN4OS/c17-13-5-1-3-11-4-2-8-19(15(11)13)10-20-16(23)21(12-6-7-12)14(9-22)18-20/h1,3,5,12,22H,2,4,6-10H2. The summed E-state index contributed by atoms with van der Waals surface area (Å²) in [6.45, 7) is 1.07. The van der Waals surface area contributed by atoms with Crippen molar-refractivity contribution in [3.63, 3.8) is 0 Å². The van der Waals surface area contributed by atoms with Crippen molar-refractivity contribution in [1.82, 2.24) is 14.3 Å². The minimum atomic E-state index is -0.197. The van der Waals surface area contributed by atoms with Crippen LogP contribution in [0.3, 0.4) is 0 Å². The highest BCUT2D eigenvalue weighted by Crippen LogP contribution is 2.36. The Morgan fingerprint density at radius 3 is 2.91 bits per heavy atom. The molecule has 1 aliphatic carbocycles. The Hall–Kier alpha value is -1.73. The molecule has 2 aliphatic rings. The number of benzene rings is 1. The zero-order valence-corrected chi connectivity index (χ0v) is 13.6. The number of para-hydroxylation sites is 1. The summed E-state index contributed by atoms with van der Waals surface area (Å²) >= 11 is 5.53. The van der Waals surface area contributed by atoms with Crippen molar-refractivity contribution in [2.45, 2.75) is 45.0 Å². The molecule has 1 aliphatic heterocycles. The van der Waals surface area contributed by atoms with Gasteiger partial charge in [0.15, 0.2) is 10.6 Å². The second kappa shape index (κ2) is 5.72. The van der Waals surface area contributed by atoms with Crippen molar-refractivity contribution >= 4 is 17.9 Å². The van der Waals surface area contributed by atoms with Crippen molar-refractivity contribution in [3.8, 4) is 0 Å². The van der Waals surface area contributed by atoms with Crippen molar-refractivity contribution in [1.29, 1.82) is 0 Å². The number of hydrogen-bond acceptors (Lipinski definition) is 4. The molecule has 2 aromatic rings. The maximum absolute atomic E-state index is 14.3. The second-order valence-electron chi connectivity index (χ2n) is 6.21. The number of hydrogen-bond donors (Lipinski definition) is 1. The van der Waals surface area contributed by atoms with Crippen LogP contribution < -0.4 is 4.90 Å². The van der Waals surface area contributed by atoms with Crippen LogP contribution in [0.15, 0.2) is 18.2 Å². The fraction of sp³-hybridized carbons (Fsp3) is 0.500. The molecule has 1 aromatic carbocycles. The average molecular weight is 334 g/mol. The first kappa shape index (κ1) is 14.8. The lowest BCUT2D eigenvalue weighted by Gasteiger charge is -2.31. The Morgan fingerprint density at radius 1 is 1.35 bits per heavy atom. The quantitative estimate of drug-likeness (QED) is 0.874. The number of aliphatic hydroxyl groups excluding tert-OH is 1. The molecule has 0 atom stereocenters. The van der Waals surface area contributed by atoms with Gasteiger partial charge in [0.1, 0.15) is 19.1 Å². The van der Waals surface area contributed by atoms with Crippen molar-refractivity contribution in [2.75, 3.05) is 11.4 Å². The normalized spacial score (nSPS) is 17.4. The van der Waals surface area contributed by atoms with Gasteiger partial charge in [0.05, 0.1) is 5.69 Å². The predicted molar refractivity (Wildman–Crippen MR) is 87.3 cm³/mol. The summed E-state index contributed by atoms with van der Waals surface area (Å²) in [6, 6.07) is 5.60. The molecule has 23 heavy (non-hydrogen) atoms. The Kier molecular flexibility index (Phi) is 3.69. The maximum atomic E-state index is 14.3. The summed E-state index contributed by atoms with van der Waals surface area (Å²) in [5, 5.41) is 14.0. The SMILES string of the molecule is OCc1nn(CN2CCCc3cccc(F)c32)c(=S)n1C1CC1. The highest BCUT2D eigenvalue weighted by Gasteiger charge is 2.29. The van der Waals surface area contributed by atoms with Crippen LogP contribution in [0.5, 0.6) is 0 Å². The summed E-state index contributed by atoms with van der Waals surface area (Å²) in [5.41, 5.74) is 1.69. The molecule has 0 saturated heterocycles. The van der Waals surface area contributed by atoms with Crippen LogP contribution in [0.25, 0.3) is 0 Å². The zero-order chi connectivity index (χ0) is 16.0. The van der Waals surface area contributed by atoms with E-state index in [1.165, 1.54) is 6.07 Å². The molecule has 0 bridgehead atoms. The summed E-state index contributed by atoms with van der Waals surface area (Å²) in [6.07, 6.45) is 4.04. The maximum Gasteiger partial charge on any atom is 0.199 e. The number of aliphatic hydroxyl groups is 1. The van der Waals surface area contributed by atoms with Crippen LogP contribution >= 0.6 is 12.2 Å². The molecule has 1 saturated carbocycles. The van der Waals surface area contributed by atoms with Crippen molar-refractivity contribution in [2.24, 2.45) is 0 Å². The van der Waals surface area contributed by atoms with Crippen LogP contribution in [0, 0.1) is 10.6 Å². The first-order chi connectivity index (χ1) is 11.2. The minimum Gasteiger partial charge on any atom is -0.388 e. The van der Waals surface area contributed by atoms with Crippen LogP contribution in [0.2, 0.25) is 0 Å². The van der Waals surface area contributed by atoms with E-state index in [-0.39, 0.29) is 12.4 Å². The van der Waals surface area contributed by atoms with E-state index < -0.39 is 0 Å². The molecule has 4 rings (SSSR count). The van der Waals surface area contributed by atoms with Gasteiger partial charge in [-0.1, -0.05) is 12.1 Å². The largest absolute Gasteiger partial charge is 0.388 e. The summed E-state index contributed by atoms with van der Waals surface area (Å²) in [5.74, 6) is 0.404. The van der Waals surface area contributed by atoms with Gasteiger partial charge in [-0.25, -0.2) is 9.07 Å². The van der Waals surface area contributed by atoms with Gasteiger partial charge < -0.3 is 10.0 Å². The number of rotatable bonds is 4. The first-order valence-electron chi connectivity index (χ1n) is 8.00. The van der Waals surface area contributed by atoms with E-state index in [4.69, 9.17) is 12.2 Å². The molecule has 1 aromatic heterocycles. The van der Waals surface area contributed by atoms with Gasteiger partial charge in [-0.3, -0.25) is 4.57 Å². The Labute approximate surface area is 139 Å². The number of aryl methyl sites for hydroxylation is 1. The number of anilines is 1. The Balaban J connectivity index is 1.69. The number of fused-ring (bicyclic) bond motifs is 1. The smallest absolute Gasteiger partial charge is 0.199 e. The van der Waals surface area contributed by atoms with Gasteiger partial charge in [-0.15, -0.1) is 0 Å². The molecule has 122 valence electrons. The van der Waals surface area contributed by atoms with E-state index in [9.17, 15) is 9.50 Å². The topological polar surface area (TPSA) is 46.2 Å². The van der Waals surface area contributed by atoms with E-state index in [0.717, 1.165) is 37.8 Å². The van der Waals surface area contributed by atoms with Crippen LogP contribution in [-0.2, 0) is 19.7 Å². The van der Waals surface area contributed by atoms with Gasteiger partial charge in [0.2, 0.25) is 0 Å². The highest BCUT2D eigenvalue weighted by molar-refractivity contribution is 7.71. The van der Waals surface area contributed by atoms with Crippen LogP contribution in [0.1, 0.15) is 36.7 Å². The lowest BCUT2D eigenvalue weighted by Crippen LogP contribution is -2.33. The van der Waals surface area contributed by atoms with Gasteiger partial charge in [-0.2, -0.15) is 5.10 Å². The number of halogens is 1. The van der Waals surface area contributed by atoms with Gasteiger partial charge in [0.25, 0.3) is 0 Å². The zero-order valence-electron chi connectivity index (χ0n) is 12.8. The fourth-order valence-corrected chi connectivity index (χ4v) is 3.71.